The van der Waals surface area contributed by atoms with Crippen molar-refractivity contribution >= 4 is 28.5 Å². The lowest BCUT2D eigenvalue weighted by molar-refractivity contribution is -0.116. The summed E-state index contributed by atoms with van der Waals surface area (Å²) in [6.45, 7) is 4.54. The molecular weight excluding hydrogens is 400 g/mol. The van der Waals surface area contributed by atoms with E-state index >= 15 is 0 Å². The molecule has 0 aliphatic carbocycles. The predicted molar refractivity (Wildman–Crippen MR) is 118 cm³/mol. The molecule has 2 aromatic rings. The van der Waals surface area contributed by atoms with Crippen LogP contribution in [0.4, 0.5) is 0 Å². The zero-order chi connectivity index (χ0) is 21.1. The van der Waals surface area contributed by atoms with Crippen LogP contribution in [0.5, 0.6) is 11.5 Å². The number of thioether (sulfide) groups is 1. The van der Waals surface area contributed by atoms with Crippen LogP contribution < -0.4 is 25.4 Å². The zero-order valence-electron chi connectivity index (χ0n) is 17.2. The second-order valence-electron chi connectivity index (χ2n) is 6.73. The molecule has 2 aromatic carbocycles. The first-order valence-electron chi connectivity index (χ1n) is 9.96. The predicted octanol–water partition coefficient (Wildman–Crippen LogP) is 2.38. The van der Waals surface area contributed by atoms with Gasteiger partial charge < -0.3 is 9.47 Å². The van der Waals surface area contributed by atoms with Crippen LogP contribution in [0.1, 0.15) is 32.0 Å². The van der Waals surface area contributed by atoms with Crippen LogP contribution >= 0.6 is 11.8 Å². The molecule has 7 nitrogen and oxygen atoms in total. The van der Waals surface area contributed by atoms with Crippen LogP contribution in [-0.4, -0.2) is 35.6 Å². The summed E-state index contributed by atoms with van der Waals surface area (Å²) >= 11 is 1.52. The Kier molecular flexibility index (Phi) is 5.94. The van der Waals surface area contributed by atoms with Gasteiger partial charge in [-0.25, -0.2) is 5.01 Å². The highest BCUT2D eigenvalue weighted by Gasteiger charge is 2.36. The second kappa shape index (κ2) is 8.79. The lowest BCUT2D eigenvalue weighted by Gasteiger charge is -2.34. The Morgan fingerprint density at radius 3 is 2.77 bits per heavy atom. The monoisotopic (exact) mass is 424 g/mol. The van der Waals surface area contributed by atoms with E-state index in [9.17, 15) is 4.79 Å². The van der Waals surface area contributed by atoms with E-state index in [1.807, 2.05) is 49.4 Å². The van der Waals surface area contributed by atoms with E-state index in [4.69, 9.17) is 19.6 Å². The van der Waals surface area contributed by atoms with Gasteiger partial charge in [0.25, 0.3) is 5.91 Å². The minimum absolute atomic E-state index is 0.184. The number of rotatable bonds is 6. The Morgan fingerprint density at radius 1 is 1.17 bits per heavy atom. The number of ether oxygens (including phenoxy) is 2. The fourth-order valence-corrected chi connectivity index (χ4v) is 4.23. The lowest BCUT2D eigenvalue weighted by atomic mass is 10.1. The van der Waals surface area contributed by atoms with Gasteiger partial charge in [0.15, 0.2) is 22.8 Å². The summed E-state index contributed by atoms with van der Waals surface area (Å²) in [7, 11) is 1.61. The second-order valence-corrected chi connectivity index (χ2v) is 7.82. The van der Waals surface area contributed by atoms with E-state index in [0.717, 1.165) is 28.3 Å². The number of hydrogen-bond acceptors (Lipinski definition) is 7. The molecule has 0 saturated carbocycles. The molecule has 0 fully saturated rings. The lowest BCUT2D eigenvalue weighted by Crippen LogP contribution is -2.50. The quantitative estimate of drug-likeness (QED) is 0.771. The molecule has 0 unspecified atom stereocenters. The van der Waals surface area contributed by atoms with Crippen LogP contribution in [0.15, 0.2) is 52.6 Å². The SMILES string of the molecule is CCCSC1=NN2C(=c3ccccc3=N[C@@H]2c2cccc(OCC)c2OC)C(=O)N1. The van der Waals surface area contributed by atoms with E-state index in [0.29, 0.717) is 29.0 Å². The topological polar surface area (TPSA) is 75.5 Å². The molecule has 0 saturated heterocycles. The number of carbonyl (C=O) groups excluding carboxylic acids is 1. The number of nitrogens with one attached hydrogen (secondary N) is 1. The Balaban J connectivity index is 1.92. The van der Waals surface area contributed by atoms with Gasteiger partial charge in [0.2, 0.25) is 0 Å². The minimum Gasteiger partial charge on any atom is -0.492 e. The van der Waals surface area contributed by atoms with Crippen molar-refractivity contribution in [1.82, 2.24) is 10.3 Å². The molecule has 0 bridgehead atoms. The van der Waals surface area contributed by atoms with Crippen LogP contribution in [-0.2, 0) is 4.79 Å². The third-order valence-electron chi connectivity index (χ3n) is 4.75. The maximum absolute atomic E-state index is 13.1. The van der Waals surface area contributed by atoms with Crippen molar-refractivity contribution in [3.8, 4) is 11.5 Å². The number of hydrazone groups is 1. The molecule has 156 valence electrons. The normalized spacial score (nSPS) is 17.4. The molecule has 1 atom stereocenters. The molecule has 0 spiro atoms. The van der Waals surface area contributed by atoms with Crippen LogP contribution in [0.25, 0.3) is 5.70 Å². The maximum Gasteiger partial charge on any atom is 0.276 e. The molecule has 0 aromatic heterocycles. The third-order valence-corrected chi connectivity index (χ3v) is 5.82. The van der Waals surface area contributed by atoms with Crippen molar-refractivity contribution < 1.29 is 14.3 Å². The highest BCUT2D eigenvalue weighted by atomic mass is 32.2. The van der Waals surface area contributed by atoms with Crippen molar-refractivity contribution in [3.63, 3.8) is 0 Å². The maximum atomic E-state index is 13.1. The van der Waals surface area contributed by atoms with Crippen molar-refractivity contribution in [2.45, 2.75) is 26.4 Å². The summed E-state index contributed by atoms with van der Waals surface area (Å²) in [6.07, 6.45) is 0.435. The molecule has 2 aliphatic rings. The first kappa shape index (κ1) is 20.3. The average Bonchev–Trinajstić information content (AvgIpc) is 2.77. The van der Waals surface area contributed by atoms with Gasteiger partial charge in [-0.2, -0.15) is 0 Å². The molecule has 0 radical (unpaired) electrons. The highest BCUT2D eigenvalue weighted by molar-refractivity contribution is 8.13. The van der Waals surface area contributed by atoms with E-state index in [2.05, 4.69) is 12.2 Å². The molecular formula is C22H24N4O3S. The van der Waals surface area contributed by atoms with E-state index < -0.39 is 6.17 Å². The van der Waals surface area contributed by atoms with E-state index in [-0.39, 0.29) is 5.91 Å². The molecule has 2 aliphatic heterocycles. The standard InChI is InChI=1S/C22H24N4O3S/c1-4-13-30-22-24-21(27)18-14-9-6-7-11-16(14)23-20(26(18)25-22)15-10-8-12-17(29-5-2)19(15)28-3/h6-12,20H,4-5,13H2,1-3H3,(H,24,25,27)/t20-/m0/s1. The zero-order valence-corrected chi connectivity index (χ0v) is 18.0. The number of methoxy groups -OCH3 is 1. The van der Waals surface area contributed by atoms with Gasteiger partial charge in [0.1, 0.15) is 5.70 Å². The van der Waals surface area contributed by atoms with Gasteiger partial charge in [-0.05, 0) is 25.5 Å². The molecule has 4 rings (SSSR count). The number of amides is 1. The van der Waals surface area contributed by atoms with Crippen molar-refractivity contribution in [1.29, 1.82) is 0 Å². The smallest absolute Gasteiger partial charge is 0.276 e. The number of carbonyl (C=O) groups is 1. The summed E-state index contributed by atoms with van der Waals surface area (Å²) in [5, 5.41) is 11.5. The van der Waals surface area contributed by atoms with Gasteiger partial charge in [0, 0.05) is 16.5 Å². The highest BCUT2D eigenvalue weighted by Crippen LogP contribution is 2.40. The number of fused-ring (bicyclic) bond motifs is 2. The number of hydrogen-bond donors (Lipinski definition) is 1. The molecule has 2 heterocycles. The van der Waals surface area contributed by atoms with Crippen LogP contribution in [0.2, 0.25) is 0 Å². The van der Waals surface area contributed by atoms with Gasteiger partial charge in [-0.3, -0.25) is 15.1 Å². The minimum atomic E-state index is -0.548. The van der Waals surface area contributed by atoms with Gasteiger partial charge >= 0.3 is 0 Å². The number of benzene rings is 2. The fourth-order valence-electron chi connectivity index (χ4n) is 3.52. The Morgan fingerprint density at radius 2 is 2.00 bits per heavy atom. The molecule has 1 N–H and O–H groups in total. The van der Waals surface area contributed by atoms with Crippen molar-refractivity contribution in [3.05, 3.63) is 58.6 Å². The molecule has 8 heteroatoms. The molecule has 30 heavy (non-hydrogen) atoms. The van der Waals surface area contributed by atoms with Crippen molar-refractivity contribution in [2.24, 2.45) is 10.1 Å². The largest absolute Gasteiger partial charge is 0.492 e. The fraction of sp³-hybridized carbons (Fsp3) is 0.318. The van der Waals surface area contributed by atoms with Crippen LogP contribution in [0, 0.1) is 0 Å². The third kappa shape index (κ3) is 3.63. The summed E-state index contributed by atoms with van der Waals surface area (Å²) in [5.74, 6) is 1.91. The average molecular weight is 425 g/mol. The number of amidine groups is 1. The van der Waals surface area contributed by atoms with Crippen molar-refractivity contribution in [2.75, 3.05) is 19.5 Å². The van der Waals surface area contributed by atoms with E-state index in [1.165, 1.54) is 11.8 Å². The Hall–Kier alpha value is -3.00. The van der Waals surface area contributed by atoms with Gasteiger partial charge in [-0.15, -0.1) is 5.10 Å². The van der Waals surface area contributed by atoms with Gasteiger partial charge in [0.05, 0.1) is 19.1 Å². The first-order chi connectivity index (χ1) is 14.7. The van der Waals surface area contributed by atoms with E-state index in [1.54, 1.807) is 12.1 Å². The number of para-hydroxylation sites is 2. The summed E-state index contributed by atoms with van der Waals surface area (Å²) in [4.78, 5) is 18.0. The summed E-state index contributed by atoms with van der Waals surface area (Å²) in [6, 6.07) is 13.3. The van der Waals surface area contributed by atoms with Crippen LogP contribution in [0.3, 0.4) is 0 Å². The summed E-state index contributed by atoms with van der Waals surface area (Å²) in [5.41, 5.74) is 1.27. The molecule has 1 amide bonds. The summed E-state index contributed by atoms with van der Waals surface area (Å²) < 4.78 is 11.4. The van der Waals surface area contributed by atoms with Gasteiger partial charge in [-0.1, -0.05) is 49.0 Å². The Labute approximate surface area is 179 Å². The number of nitrogens with zero attached hydrogens (tertiary/aromatic N) is 3. The Bertz CT molecular complexity index is 1120. The first-order valence-corrected chi connectivity index (χ1v) is 10.9.